The Labute approximate surface area is 175 Å². The lowest BCUT2D eigenvalue weighted by atomic mass is 9.80. The topological polar surface area (TPSA) is 0 Å². The Morgan fingerprint density at radius 3 is 1.29 bits per heavy atom. The van der Waals surface area contributed by atoms with Crippen molar-refractivity contribution in [3.63, 3.8) is 0 Å². The van der Waals surface area contributed by atoms with Crippen LogP contribution in [-0.2, 0) is 0 Å². The Hall–Kier alpha value is -2.68. The number of hydrogen-bond donors (Lipinski definition) is 0. The summed E-state index contributed by atoms with van der Waals surface area (Å²) in [6, 6.07) is 30.2. The highest BCUT2D eigenvalue weighted by molar-refractivity contribution is 7.11. The maximum Gasteiger partial charge on any atom is 0.0267 e. The van der Waals surface area contributed by atoms with E-state index in [2.05, 4.69) is 120 Å². The molecule has 28 heavy (non-hydrogen) atoms. The standard InChI is InChI=1S/C26H22S2/c1-3-9-21(10-4-1)25(17-15-23-13-7-19-27-23)26(22-11-5-2-6-12-22)18-16-24-14-8-20-28-24/h1-20,25-26H/b17-15+,18-16+. The van der Waals surface area contributed by atoms with E-state index in [-0.39, 0.29) is 11.8 Å². The summed E-state index contributed by atoms with van der Waals surface area (Å²) in [5, 5.41) is 4.26. The van der Waals surface area contributed by atoms with E-state index in [1.807, 2.05) is 0 Å². The van der Waals surface area contributed by atoms with E-state index in [0.717, 1.165) is 0 Å². The van der Waals surface area contributed by atoms with Crippen molar-refractivity contribution < 1.29 is 0 Å². The van der Waals surface area contributed by atoms with Crippen LogP contribution in [0.5, 0.6) is 0 Å². The van der Waals surface area contributed by atoms with Crippen molar-refractivity contribution in [3.05, 3.63) is 129 Å². The summed E-state index contributed by atoms with van der Waals surface area (Å²) < 4.78 is 0. The summed E-state index contributed by atoms with van der Waals surface area (Å²) >= 11 is 3.55. The molecule has 2 unspecified atom stereocenters. The van der Waals surface area contributed by atoms with Gasteiger partial charge in [-0.2, -0.15) is 0 Å². The van der Waals surface area contributed by atoms with E-state index in [0.29, 0.717) is 0 Å². The maximum absolute atomic E-state index is 2.36. The van der Waals surface area contributed by atoms with Gasteiger partial charge in [0.2, 0.25) is 0 Å². The molecule has 4 rings (SSSR count). The summed E-state index contributed by atoms with van der Waals surface area (Å²) in [5.74, 6) is 0.531. The van der Waals surface area contributed by atoms with Crippen molar-refractivity contribution >= 4 is 34.8 Å². The van der Waals surface area contributed by atoms with Crippen LogP contribution in [0.1, 0.15) is 32.7 Å². The van der Waals surface area contributed by atoms with Crippen molar-refractivity contribution in [3.8, 4) is 0 Å². The molecule has 2 aromatic carbocycles. The molecule has 2 aromatic heterocycles. The van der Waals surface area contributed by atoms with Crippen LogP contribution in [0.4, 0.5) is 0 Å². The molecule has 0 saturated carbocycles. The molecule has 0 radical (unpaired) electrons. The minimum atomic E-state index is 0.266. The SMILES string of the molecule is C(=C\C(c1ccccc1)C(/C=C/c1cccs1)c1ccccc1)/c1cccs1. The van der Waals surface area contributed by atoms with Crippen molar-refractivity contribution in [2.24, 2.45) is 0 Å². The molecule has 2 atom stereocenters. The molecule has 2 heterocycles. The van der Waals surface area contributed by atoms with E-state index < -0.39 is 0 Å². The molecule has 0 aliphatic carbocycles. The number of allylic oxidation sites excluding steroid dienone is 2. The zero-order valence-electron chi connectivity index (χ0n) is 15.5. The van der Waals surface area contributed by atoms with Gasteiger partial charge < -0.3 is 0 Å². The van der Waals surface area contributed by atoms with E-state index >= 15 is 0 Å². The minimum absolute atomic E-state index is 0.266. The molecule has 0 aliphatic heterocycles. The second-order valence-corrected chi connectivity index (χ2v) is 8.58. The molecule has 138 valence electrons. The number of thiophene rings is 2. The number of benzene rings is 2. The van der Waals surface area contributed by atoms with Crippen LogP contribution in [0, 0.1) is 0 Å². The average Bonchev–Trinajstić information content (AvgIpc) is 3.46. The molecule has 2 heteroatoms. The summed E-state index contributed by atoms with van der Waals surface area (Å²) in [5.41, 5.74) is 2.67. The molecule has 0 spiro atoms. The molecule has 0 nitrogen and oxygen atoms in total. The van der Waals surface area contributed by atoms with Gasteiger partial charge in [0.1, 0.15) is 0 Å². The van der Waals surface area contributed by atoms with Crippen molar-refractivity contribution in [2.45, 2.75) is 11.8 Å². The lowest BCUT2D eigenvalue weighted by molar-refractivity contribution is 0.743. The number of rotatable bonds is 7. The normalized spacial score (nSPS) is 13.9. The van der Waals surface area contributed by atoms with E-state index in [1.165, 1.54) is 20.9 Å². The van der Waals surface area contributed by atoms with Gasteiger partial charge in [-0.3, -0.25) is 0 Å². The van der Waals surface area contributed by atoms with E-state index in [4.69, 9.17) is 0 Å². The first-order valence-electron chi connectivity index (χ1n) is 9.43. The van der Waals surface area contributed by atoms with Gasteiger partial charge in [-0.25, -0.2) is 0 Å². The molecule has 4 aromatic rings. The monoisotopic (exact) mass is 398 g/mol. The van der Waals surface area contributed by atoms with Gasteiger partial charge in [-0.15, -0.1) is 22.7 Å². The fourth-order valence-corrected chi connectivity index (χ4v) is 4.65. The lowest BCUT2D eigenvalue weighted by Gasteiger charge is -2.23. The Morgan fingerprint density at radius 2 is 0.929 bits per heavy atom. The number of hydrogen-bond acceptors (Lipinski definition) is 2. The quantitative estimate of drug-likeness (QED) is 0.295. The second kappa shape index (κ2) is 9.50. The summed E-state index contributed by atoms with van der Waals surface area (Å²) in [7, 11) is 0. The Morgan fingerprint density at radius 1 is 0.500 bits per heavy atom. The zero-order valence-corrected chi connectivity index (χ0v) is 17.2. The highest BCUT2D eigenvalue weighted by atomic mass is 32.1. The van der Waals surface area contributed by atoms with Crippen molar-refractivity contribution in [1.82, 2.24) is 0 Å². The van der Waals surface area contributed by atoms with Crippen LogP contribution in [-0.4, -0.2) is 0 Å². The summed E-state index contributed by atoms with van der Waals surface area (Å²) in [4.78, 5) is 2.57. The Bertz CT molecular complexity index is 909. The van der Waals surface area contributed by atoms with Gasteiger partial charge in [0.05, 0.1) is 0 Å². The van der Waals surface area contributed by atoms with Crippen LogP contribution in [0.25, 0.3) is 12.2 Å². The highest BCUT2D eigenvalue weighted by Crippen LogP contribution is 2.37. The van der Waals surface area contributed by atoms with Gasteiger partial charge in [-0.05, 0) is 46.2 Å². The fourth-order valence-electron chi connectivity index (χ4n) is 3.40. The highest BCUT2D eigenvalue weighted by Gasteiger charge is 2.20. The Balaban J connectivity index is 1.75. The van der Waals surface area contributed by atoms with Gasteiger partial charge in [-0.1, -0.05) is 84.9 Å². The van der Waals surface area contributed by atoms with Crippen LogP contribution in [0.3, 0.4) is 0 Å². The molecule has 0 aliphatic rings. The maximum atomic E-state index is 2.36. The van der Waals surface area contributed by atoms with Gasteiger partial charge in [0.25, 0.3) is 0 Å². The van der Waals surface area contributed by atoms with Crippen molar-refractivity contribution in [2.75, 3.05) is 0 Å². The molecule has 0 fully saturated rings. The van der Waals surface area contributed by atoms with E-state index in [1.54, 1.807) is 22.7 Å². The molecule has 0 bridgehead atoms. The fraction of sp³-hybridized carbons (Fsp3) is 0.0769. The van der Waals surface area contributed by atoms with Crippen LogP contribution >= 0.6 is 22.7 Å². The first-order chi connectivity index (χ1) is 13.9. The average molecular weight is 399 g/mol. The molecule has 0 amide bonds. The van der Waals surface area contributed by atoms with Crippen LogP contribution in [0.15, 0.2) is 108 Å². The molecular weight excluding hydrogens is 376 g/mol. The van der Waals surface area contributed by atoms with Gasteiger partial charge in [0, 0.05) is 21.6 Å². The molecule has 0 saturated heterocycles. The third kappa shape index (κ3) is 4.78. The van der Waals surface area contributed by atoms with Crippen LogP contribution < -0.4 is 0 Å². The second-order valence-electron chi connectivity index (χ2n) is 6.62. The zero-order chi connectivity index (χ0) is 19.0. The van der Waals surface area contributed by atoms with Gasteiger partial charge in [0.15, 0.2) is 0 Å². The van der Waals surface area contributed by atoms with Crippen LogP contribution in [0.2, 0.25) is 0 Å². The third-order valence-corrected chi connectivity index (χ3v) is 6.45. The summed E-state index contributed by atoms with van der Waals surface area (Å²) in [6.45, 7) is 0. The first kappa shape index (κ1) is 18.7. The van der Waals surface area contributed by atoms with E-state index in [9.17, 15) is 0 Å². The third-order valence-electron chi connectivity index (χ3n) is 4.78. The summed E-state index contributed by atoms with van der Waals surface area (Å²) in [6.07, 6.45) is 9.24. The predicted octanol–water partition coefficient (Wildman–Crippen LogP) is 8.10. The van der Waals surface area contributed by atoms with Crippen molar-refractivity contribution in [1.29, 1.82) is 0 Å². The largest absolute Gasteiger partial charge is 0.144 e. The van der Waals surface area contributed by atoms with Gasteiger partial charge >= 0.3 is 0 Å². The minimum Gasteiger partial charge on any atom is -0.144 e. The Kier molecular flexibility index (Phi) is 6.33. The smallest absolute Gasteiger partial charge is 0.0267 e. The molecule has 0 N–H and O–H groups in total. The molecular formula is C26H22S2. The predicted molar refractivity (Wildman–Crippen MR) is 125 cm³/mol. The lowest BCUT2D eigenvalue weighted by Crippen LogP contribution is -2.07. The first-order valence-corrected chi connectivity index (χ1v) is 11.2.